The van der Waals surface area contributed by atoms with E-state index in [1.54, 1.807) is 0 Å². The molecule has 0 bridgehead atoms. The Morgan fingerprint density at radius 1 is 1.38 bits per heavy atom. The van der Waals surface area contributed by atoms with Gasteiger partial charge in [0, 0.05) is 23.3 Å². The number of para-hydroxylation sites is 1. The lowest BCUT2D eigenvalue weighted by molar-refractivity contribution is 1.07. The molecule has 16 heavy (non-hydrogen) atoms. The van der Waals surface area contributed by atoms with Crippen LogP contribution in [0.1, 0.15) is 12.1 Å². The maximum atomic E-state index is 4.50. The zero-order chi connectivity index (χ0) is 11.4. The maximum absolute atomic E-state index is 4.50. The molecule has 0 aliphatic carbocycles. The lowest BCUT2D eigenvalue weighted by Crippen LogP contribution is -2.01. The number of hydrogen-bond donors (Lipinski definition) is 1. The van der Waals surface area contributed by atoms with Gasteiger partial charge in [-0.25, -0.2) is 0 Å². The van der Waals surface area contributed by atoms with Gasteiger partial charge in [0.15, 0.2) is 0 Å². The average Bonchev–Trinajstić information content (AvgIpc) is 2.29. The van der Waals surface area contributed by atoms with Crippen molar-refractivity contribution in [2.24, 2.45) is 0 Å². The highest BCUT2D eigenvalue weighted by molar-refractivity contribution is 5.91. The molecule has 0 radical (unpaired) electrons. The molecule has 0 fully saturated rings. The van der Waals surface area contributed by atoms with Crippen molar-refractivity contribution in [1.82, 2.24) is 4.98 Å². The van der Waals surface area contributed by atoms with E-state index >= 15 is 0 Å². The van der Waals surface area contributed by atoms with Crippen LogP contribution in [0.5, 0.6) is 0 Å². The third-order valence-corrected chi connectivity index (χ3v) is 2.51. The molecule has 2 nitrogen and oxygen atoms in total. The Morgan fingerprint density at radius 3 is 3.00 bits per heavy atom. The van der Waals surface area contributed by atoms with Gasteiger partial charge < -0.3 is 5.32 Å². The van der Waals surface area contributed by atoms with E-state index in [1.807, 2.05) is 31.2 Å². The number of benzene rings is 1. The van der Waals surface area contributed by atoms with Gasteiger partial charge in [0.25, 0.3) is 0 Å². The molecule has 2 heteroatoms. The fourth-order valence-electron chi connectivity index (χ4n) is 1.76. The van der Waals surface area contributed by atoms with Crippen LogP contribution < -0.4 is 5.32 Å². The first-order valence-electron chi connectivity index (χ1n) is 5.52. The molecule has 0 spiro atoms. The van der Waals surface area contributed by atoms with E-state index < -0.39 is 0 Å². The molecule has 2 rings (SSSR count). The van der Waals surface area contributed by atoms with Gasteiger partial charge in [-0.05, 0) is 25.5 Å². The van der Waals surface area contributed by atoms with Gasteiger partial charge in [0.05, 0.1) is 5.52 Å². The van der Waals surface area contributed by atoms with E-state index in [0.29, 0.717) is 0 Å². The Labute approximate surface area is 96.0 Å². The Bertz CT molecular complexity index is 503. The molecule has 1 heterocycles. The fourth-order valence-corrected chi connectivity index (χ4v) is 1.76. The van der Waals surface area contributed by atoms with Crippen LogP contribution in [0.2, 0.25) is 0 Å². The van der Waals surface area contributed by atoms with Crippen LogP contribution in [0.4, 0.5) is 5.69 Å². The summed E-state index contributed by atoms with van der Waals surface area (Å²) in [6.45, 7) is 6.65. The van der Waals surface area contributed by atoms with Gasteiger partial charge >= 0.3 is 0 Å². The Hall–Kier alpha value is -1.83. The van der Waals surface area contributed by atoms with Crippen molar-refractivity contribution in [3.05, 3.63) is 48.7 Å². The number of anilines is 1. The summed E-state index contributed by atoms with van der Waals surface area (Å²) in [4.78, 5) is 4.50. The summed E-state index contributed by atoms with van der Waals surface area (Å²) < 4.78 is 0. The minimum Gasteiger partial charge on any atom is -0.384 e. The van der Waals surface area contributed by atoms with E-state index in [0.717, 1.165) is 29.9 Å². The molecule has 1 aromatic carbocycles. The molecule has 1 aromatic heterocycles. The molecule has 0 saturated heterocycles. The first kappa shape index (κ1) is 10.7. The van der Waals surface area contributed by atoms with Crippen molar-refractivity contribution < 1.29 is 0 Å². The summed E-state index contributed by atoms with van der Waals surface area (Å²) in [5.41, 5.74) is 3.24. The summed E-state index contributed by atoms with van der Waals surface area (Å²) in [6, 6.07) is 10.3. The molecule has 0 aliphatic rings. The molecular weight excluding hydrogens is 196 g/mol. The van der Waals surface area contributed by atoms with Crippen LogP contribution in [0.15, 0.2) is 43.0 Å². The average molecular weight is 212 g/mol. The molecule has 0 amide bonds. The van der Waals surface area contributed by atoms with Crippen LogP contribution in [0, 0.1) is 6.92 Å². The summed E-state index contributed by atoms with van der Waals surface area (Å²) in [5.74, 6) is 0. The van der Waals surface area contributed by atoms with Gasteiger partial charge in [0.1, 0.15) is 0 Å². The molecule has 82 valence electrons. The van der Waals surface area contributed by atoms with Gasteiger partial charge in [-0.15, -0.1) is 6.58 Å². The summed E-state index contributed by atoms with van der Waals surface area (Å²) in [5, 5.41) is 4.60. The minimum atomic E-state index is 0.914. The number of aromatic nitrogens is 1. The SMILES string of the molecule is C=CCCNc1cc(C)nc2ccccc12. The smallest absolute Gasteiger partial charge is 0.0725 e. The third-order valence-electron chi connectivity index (χ3n) is 2.51. The van der Waals surface area contributed by atoms with E-state index in [-0.39, 0.29) is 0 Å². The number of hydrogen-bond acceptors (Lipinski definition) is 2. The van der Waals surface area contributed by atoms with Gasteiger partial charge in [-0.3, -0.25) is 4.98 Å². The van der Waals surface area contributed by atoms with Gasteiger partial charge in [0.2, 0.25) is 0 Å². The van der Waals surface area contributed by atoms with Crippen molar-refractivity contribution in [2.75, 3.05) is 11.9 Å². The van der Waals surface area contributed by atoms with Crippen LogP contribution >= 0.6 is 0 Å². The van der Waals surface area contributed by atoms with Crippen molar-refractivity contribution in [3.63, 3.8) is 0 Å². The number of nitrogens with zero attached hydrogens (tertiary/aromatic N) is 1. The molecule has 0 saturated carbocycles. The number of pyridine rings is 1. The monoisotopic (exact) mass is 212 g/mol. The highest BCUT2D eigenvalue weighted by Gasteiger charge is 2.01. The van der Waals surface area contributed by atoms with Crippen molar-refractivity contribution >= 4 is 16.6 Å². The highest BCUT2D eigenvalue weighted by Crippen LogP contribution is 2.22. The number of fused-ring (bicyclic) bond motifs is 1. The zero-order valence-electron chi connectivity index (χ0n) is 9.53. The second-order valence-corrected chi connectivity index (χ2v) is 3.83. The predicted molar refractivity (Wildman–Crippen MR) is 69.8 cm³/mol. The van der Waals surface area contributed by atoms with Crippen LogP contribution in [-0.2, 0) is 0 Å². The first-order valence-corrected chi connectivity index (χ1v) is 5.52. The lowest BCUT2D eigenvalue weighted by atomic mass is 10.1. The van der Waals surface area contributed by atoms with Crippen LogP contribution in [0.3, 0.4) is 0 Å². The third kappa shape index (κ3) is 2.22. The van der Waals surface area contributed by atoms with E-state index in [1.165, 1.54) is 5.39 Å². The van der Waals surface area contributed by atoms with E-state index in [9.17, 15) is 0 Å². The Balaban J connectivity index is 2.38. The van der Waals surface area contributed by atoms with Gasteiger partial charge in [-0.1, -0.05) is 24.3 Å². The predicted octanol–water partition coefficient (Wildman–Crippen LogP) is 3.53. The largest absolute Gasteiger partial charge is 0.384 e. The van der Waals surface area contributed by atoms with Crippen molar-refractivity contribution in [3.8, 4) is 0 Å². The van der Waals surface area contributed by atoms with E-state index in [4.69, 9.17) is 0 Å². The van der Waals surface area contributed by atoms with Crippen LogP contribution in [-0.4, -0.2) is 11.5 Å². The molecule has 0 unspecified atom stereocenters. The van der Waals surface area contributed by atoms with Crippen molar-refractivity contribution in [1.29, 1.82) is 0 Å². The minimum absolute atomic E-state index is 0.914. The maximum Gasteiger partial charge on any atom is 0.0725 e. The van der Waals surface area contributed by atoms with E-state index in [2.05, 4.69) is 29.0 Å². The number of rotatable bonds is 4. The second-order valence-electron chi connectivity index (χ2n) is 3.83. The molecule has 0 aliphatic heterocycles. The normalized spacial score (nSPS) is 10.3. The molecular formula is C14H16N2. The standard InChI is InChI=1S/C14H16N2/c1-3-4-9-15-14-10-11(2)16-13-8-6-5-7-12(13)14/h3,5-8,10H,1,4,9H2,2H3,(H,15,16). The second kappa shape index (κ2) is 4.79. The zero-order valence-corrected chi connectivity index (χ0v) is 9.53. The lowest BCUT2D eigenvalue weighted by Gasteiger charge is -2.09. The first-order chi connectivity index (χ1) is 7.81. The number of aryl methyl sites for hydroxylation is 1. The number of nitrogens with one attached hydrogen (secondary N) is 1. The summed E-state index contributed by atoms with van der Waals surface area (Å²) in [7, 11) is 0. The Kier molecular flexibility index (Phi) is 3.20. The fraction of sp³-hybridized carbons (Fsp3) is 0.214. The molecule has 0 atom stereocenters. The molecule has 1 N–H and O–H groups in total. The quantitative estimate of drug-likeness (QED) is 0.619. The highest BCUT2D eigenvalue weighted by atomic mass is 14.9. The summed E-state index contributed by atoms with van der Waals surface area (Å²) >= 11 is 0. The topological polar surface area (TPSA) is 24.9 Å². The molecule has 2 aromatic rings. The summed E-state index contributed by atoms with van der Waals surface area (Å²) in [6.07, 6.45) is 2.89. The van der Waals surface area contributed by atoms with Crippen molar-refractivity contribution in [2.45, 2.75) is 13.3 Å². The van der Waals surface area contributed by atoms with Gasteiger partial charge in [-0.2, -0.15) is 0 Å². The Morgan fingerprint density at radius 2 is 2.19 bits per heavy atom. The van der Waals surface area contributed by atoms with Crippen LogP contribution in [0.25, 0.3) is 10.9 Å².